The molecule has 0 unspecified atom stereocenters. The smallest absolute Gasteiger partial charge is 0.341 e. The van der Waals surface area contributed by atoms with Crippen LogP contribution in [-0.2, 0) is 4.74 Å². The zero-order valence-corrected chi connectivity index (χ0v) is 23.5. The third kappa shape index (κ3) is 5.74. The summed E-state index contributed by atoms with van der Waals surface area (Å²) in [4.78, 5) is 20.7. The Kier molecular flexibility index (Phi) is 7.80. The van der Waals surface area contributed by atoms with E-state index in [2.05, 4.69) is 26.9 Å². The van der Waals surface area contributed by atoms with E-state index in [4.69, 9.17) is 21.1 Å². The Morgan fingerprint density at radius 1 is 0.925 bits per heavy atom. The van der Waals surface area contributed by atoms with Gasteiger partial charge in [-0.3, -0.25) is 4.90 Å². The first-order chi connectivity index (χ1) is 19.6. The Bertz CT molecular complexity index is 1530. The Labute approximate surface area is 240 Å². The number of aromatic amines is 1. The summed E-state index contributed by atoms with van der Waals surface area (Å²) in [5.41, 5.74) is 6.88. The number of esters is 1. The van der Waals surface area contributed by atoms with Crippen LogP contribution in [0.15, 0.2) is 78.5 Å². The van der Waals surface area contributed by atoms with E-state index in [-0.39, 0.29) is 0 Å². The van der Waals surface area contributed by atoms with Crippen molar-refractivity contribution in [1.29, 1.82) is 0 Å². The van der Waals surface area contributed by atoms with E-state index >= 15 is 0 Å². The molecule has 6 rings (SSSR count). The number of nitrogens with one attached hydrogen (secondary N) is 1. The van der Waals surface area contributed by atoms with Crippen LogP contribution in [-0.4, -0.2) is 55.7 Å². The van der Waals surface area contributed by atoms with Gasteiger partial charge in [0.25, 0.3) is 0 Å². The first kappa shape index (κ1) is 26.5. The van der Waals surface area contributed by atoms with Crippen molar-refractivity contribution in [3.05, 3.63) is 94.6 Å². The van der Waals surface area contributed by atoms with Crippen molar-refractivity contribution in [2.45, 2.75) is 25.7 Å². The molecule has 0 bridgehead atoms. The van der Waals surface area contributed by atoms with Crippen LogP contribution < -0.4 is 9.64 Å². The molecule has 40 heavy (non-hydrogen) atoms. The Morgan fingerprint density at radius 2 is 1.73 bits per heavy atom. The summed E-state index contributed by atoms with van der Waals surface area (Å²) in [5, 5.41) is 1.84. The van der Waals surface area contributed by atoms with E-state index in [0.717, 1.165) is 60.8 Å². The van der Waals surface area contributed by atoms with Crippen molar-refractivity contribution in [1.82, 2.24) is 9.88 Å². The van der Waals surface area contributed by atoms with Crippen LogP contribution in [0.1, 0.15) is 41.6 Å². The second-order valence-corrected chi connectivity index (χ2v) is 11.0. The number of methoxy groups -OCH3 is 1. The summed E-state index contributed by atoms with van der Waals surface area (Å²) in [7, 11) is 1.39. The van der Waals surface area contributed by atoms with Crippen LogP contribution in [0.2, 0.25) is 5.02 Å². The normalized spacial score (nSPS) is 16.4. The van der Waals surface area contributed by atoms with Crippen molar-refractivity contribution in [2.75, 3.05) is 44.7 Å². The molecule has 1 fully saturated rings. The van der Waals surface area contributed by atoms with Gasteiger partial charge in [-0.05, 0) is 85.4 Å². The lowest BCUT2D eigenvalue weighted by Crippen LogP contribution is -2.47. The monoisotopic (exact) mass is 555 g/mol. The van der Waals surface area contributed by atoms with Crippen molar-refractivity contribution in [3.8, 4) is 11.5 Å². The predicted molar refractivity (Wildman–Crippen MR) is 162 cm³/mol. The molecular weight excluding hydrogens is 522 g/mol. The standard InChI is InChI=1S/C33H34ClN3O3/c1-39-33(38)30-12-10-27(21-32(30)40-28-11-13-31-24(20-28)14-15-35-31)37-18-16-36(17-19-37)22-25-4-2-3-5-29(25)23-6-8-26(34)9-7-23/h6-15,20-21,35H,2-5,16-19,22H2,1H3. The van der Waals surface area contributed by atoms with Gasteiger partial charge in [-0.25, -0.2) is 4.79 Å². The van der Waals surface area contributed by atoms with E-state index in [0.29, 0.717) is 17.1 Å². The number of halogens is 1. The number of allylic oxidation sites excluding steroid dienone is 1. The van der Waals surface area contributed by atoms with Gasteiger partial charge in [0, 0.05) is 66.6 Å². The summed E-state index contributed by atoms with van der Waals surface area (Å²) < 4.78 is 11.3. The van der Waals surface area contributed by atoms with Crippen LogP contribution in [0.3, 0.4) is 0 Å². The summed E-state index contributed by atoms with van der Waals surface area (Å²) in [6, 6.07) is 21.9. The molecule has 7 heteroatoms. The zero-order chi connectivity index (χ0) is 27.5. The molecule has 1 aliphatic carbocycles. The average Bonchev–Trinajstić information content (AvgIpc) is 3.46. The van der Waals surface area contributed by atoms with Crippen LogP contribution in [0.25, 0.3) is 16.5 Å². The predicted octanol–water partition coefficient (Wildman–Crippen LogP) is 7.55. The zero-order valence-electron chi connectivity index (χ0n) is 22.8. The molecule has 1 N–H and O–H groups in total. The molecule has 0 saturated carbocycles. The number of benzene rings is 3. The molecule has 3 aromatic carbocycles. The van der Waals surface area contributed by atoms with E-state index in [1.807, 2.05) is 60.8 Å². The number of rotatable bonds is 7. The quantitative estimate of drug-likeness (QED) is 0.239. The van der Waals surface area contributed by atoms with Gasteiger partial charge in [-0.15, -0.1) is 0 Å². The number of carbonyl (C=O) groups excluding carboxylic acids is 1. The average molecular weight is 556 g/mol. The van der Waals surface area contributed by atoms with Crippen LogP contribution >= 0.6 is 11.6 Å². The first-order valence-electron chi connectivity index (χ1n) is 14.0. The fourth-order valence-corrected chi connectivity index (χ4v) is 5.99. The molecule has 1 aromatic heterocycles. The highest BCUT2D eigenvalue weighted by atomic mass is 35.5. The van der Waals surface area contributed by atoms with Gasteiger partial charge in [-0.2, -0.15) is 0 Å². The summed E-state index contributed by atoms with van der Waals surface area (Å²) >= 11 is 6.14. The fourth-order valence-electron chi connectivity index (χ4n) is 5.87. The molecule has 0 radical (unpaired) electrons. The second-order valence-electron chi connectivity index (χ2n) is 10.6. The number of nitrogens with zero attached hydrogens (tertiary/aromatic N) is 2. The molecule has 206 valence electrons. The van der Waals surface area contributed by atoms with Crippen molar-refractivity contribution in [3.63, 3.8) is 0 Å². The van der Waals surface area contributed by atoms with Crippen molar-refractivity contribution >= 4 is 39.7 Å². The number of piperazine rings is 1. The Morgan fingerprint density at radius 3 is 2.52 bits per heavy atom. The number of fused-ring (bicyclic) bond motifs is 1. The van der Waals surface area contributed by atoms with Gasteiger partial charge in [0.05, 0.1) is 7.11 Å². The highest BCUT2D eigenvalue weighted by Crippen LogP contribution is 2.35. The Balaban J connectivity index is 1.17. The molecule has 0 atom stereocenters. The van der Waals surface area contributed by atoms with E-state index in [1.165, 1.54) is 37.5 Å². The van der Waals surface area contributed by atoms with Gasteiger partial charge in [0.15, 0.2) is 0 Å². The van der Waals surface area contributed by atoms with Gasteiger partial charge in [0.1, 0.15) is 17.1 Å². The van der Waals surface area contributed by atoms with Crippen LogP contribution in [0.4, 0.5) is 5.69 Å². The van der Waals surface area contributed by atoms with E-state index in [1.54, 1.807) is 5.57 Å². The third-order valence-electron chi connectivity index (χ3n) is 8.05. The number of anilines is 1. The topological polar surface area (TPSA) is 57.8 Å². The molecule has 2 heterocycles. The SMILES string of the molecule is COC(=O)c1ccc(N2CCN(CC3=C(c4ccc(Cl)cc4)CCCC3)CC2)cc1Oc1ccc2[nH]ccc2c1. The van der Waals surface area contributed by atoms with Crippen LogP contribution in [0.5, 0.6) is 11.5 Å². The lowest BCUT2D eigenvalue weighted by molar-refractivity contribution is 0.0598. The largest absolute Gasteiger partial charge is 0.465 e. The Hall–Kier alpha value is -3.74. The fraction of sp³-hybridized carbons (Fsp3) is 0.303. The maximum absolute atomic E-state index is 12.5. The summed E-state index contributed by atoms with van der Waals surface area (Å²) in [5.74, 6) is 0.768. The number of aromatic nitrogens is 1. The molecule has 0 amide bonds. The molecule has 1 saturated heterocycles. The van der Waals surface area contributed by atoms with Gasteiger partial charge < -0.3 is 19.4 Å². The first-order valence-corrected chi connectivity index (χ1v) is 14.4. The minimum Gasteiger partial charge on any atom is -0.465 e. The maximum Gasteiger partial charge on any atom is 0.341 e. The maximum atomic E-state index is 12.5. The third-order valence-corrected chi connectivity index (χ3v) is 8.30. The molecule has 1 aliphatic heterocycles. The van der Waals surface area contributed by atoms with Gasteiger partial charge in [0.2, 0.25) is 0 Å². The summed E-state index contributed by atoms with van der Waals surface area (Å²) in [6.45, 7) is 4.81. The lowest BCUT2D eigenvalue weighted by atomic mass is 9.87. The molecule has 2 aliphatic rings. The van der Waals surface area contributed by atoms with E-state index in [9.17, 15) is 4.79 Å². The molecule has 4 aromatic rings. The highest BCUT2D eigenvalue weighted by molar-refractivity contribution is 6.30. The minimum atomic E-state index is -0.411. The molecular formula is C33H34ClN3O3. The number of ether oxygens (including phenoxy) is 2. The van der Waals surface area contributed by atoms with E-state index < -0.39 is 5.97 Å². The number of hydrogen-bond donors (Lipinski definition) is 1. The minimum absolute atomic E-state index is 0.411. The number of H-pyrrole nitrogens is 1. The lowest BCUT2D eigenvalue weighted by Gasteiger charge is -2.37. The second kappa shape index (κ2) is 11.8. The molecule has 0 spiro atoms. The summed E-state index contributed by atoms with van der Waals surface area (Å²) in [6.07, 6.45) is 6.72. The van der Waals surface area contributed by atoms with Crippen LogP contribution in [0, 0.1) is 0 Å². The van der Waals surface area contributed by atoms with Gasteiger partial charge >= 0.3 is 5.97 Å². The van der Waals surface area contributed by atoms with Crippen molar-refractivity contribution in [2.24, 2.45) is 0 Å². The van der Waals surface area contributed by atoms with Crippen molar-refractivity contribution < 1.29 is 14.3 Å². The number of carbonyl (C=O) groups is 1. The van der Waals surface area contributed by atoms with Gasteiger partial charge in [-0.1, -0.05) is 29.3 Å². The highest BCUT2D eigenvalue weighted by Gasteiger charge is 2.23. The number of hydrogen-bond acceptors (Lipinski definition) is 5. The molecule has 6 nitrogen and oxygen atoms in total.